The number of hydrogen-bond donors (Lipinski definition) is 6. The van der Waals surface area contributed by atoms with Gasteiger partial charge in [-0.3, -0.25) is 9.59 Å². The van der Waals surface area contributed by atoms with Crippen molar-refractivity contribution in [2.24, 2.45) is 56.7 Å². The van der Waals surface area contributed by atoms with Crippen LogP contribution in [0.3, 0.4) is 0 Å². The Bertz CT molecular complexity index is 1370. The van der Waals surface area contributed by atoms with Crippen molar-refractivity contribution in [1.29, 1.82) is 0 Å². The van der Waals surface area contributed by atoms with E-state index in [1.54, 1.807) is 0 Å². The molecule has 12 heteroatoms. The molecule has 6 aliphatic rings. The molecule has 2 aliphatic heterocycles. The lowest BCUT2D eigenvalue weighted by Crippen LogP contribution is -2.73. The summed E-state index contributed by atoms with van der Waals surface area (Å²) in [5, 5.41) is 64.6. The van der Waals surface area contributed by atoms with Crippen LogP contribution in [0.5, 0.6) is 0 Å². The molecule has 1 unspecified atom stereocenters. The minimum Gasteiger partial charge on any atom is -0.481 e. The number of carbonyl (C=O) groups is 2. The third-order valence-corrected chi connectivity index (χ3v) is 15.6. The Kier molecular flexibility index (Phi) is 9.71. The molecule has 50 heavy (non-hydrogen) atoms. The molecule has 6 N–H and O–H groups in total. The molecule has 2 heterocycles. The number of allylic oxidation sites excluding steroid dienone is 1. The molecule has 0 aromatic rings. The lowest BCUT2D eigenvalue weighted by molar-refractivity contribution is -0.369. The summed E-state index contributed by atoms with van der Waals surface area (Å²) < 4.78 is 24.5. The smallest absolute Gasteiger partial charge is 0.307 e. The van der Waals surface area contributed by atoms with E-state index in [4.69, 9.17) is 18.9 Å². The first kappa shape index (κ1) is 38.1. The van der Waals surface area contributed by atoms with Gasteiger partial charge in [-0.05, 0) is 72.0 Å². The topological polar surface area (TPSA) is 192 Å². The third-order valence-electron chi connectivity index (χ3n) is 15.6. The second-order valence-electron chi connectivity index (χ2n) is 18.0. The van der Waals surface area contributed by atoms with Crippen LogP contribution in [-0.4, -0.2) is 105 Å². The zero-order chi connectivity index (χ0) is 36.9. The molecular weight excluding hydrogens is 648 g/mol. The molecule has 4 aliphatic carbocycles. The van der Waals surface area contributed by atoms with Gasteiger partial charge in [-0.25, -0.2) is 0 Å². The van der Waals surface area contributed by atoms with Crippen LogP contribution >= 0.6 is 0 Å². The van der Waals surface area contributed by atoms with Crippen molar-refractivity contribution >= 4 is 11.9 Å². The summed E-state index contributed by atoms with van der Waals surface area (Å²) in [5.74, 6) is -1.61. The van der Waals surface area contributed by atoms with Gasteiger partial charge in [-0.15, -0.1) is 0 Å². The highest BCUT2D eigenvalue weighted by Crippen LogP contribution is 2.75. The maximum Gasteiger partial charge on any atom is 0.307 e. The molecule has 17 atom stereocenters. The van der Waals surface area contributed by atoms with Gasteiger partial charge in [0.1, 0.15) is 36.6 Å². The fourth-order valence-corrected chi connectivity index (χ4v) is 12.5. The lowest BCUT2D eigenvalue weighted by atomic mass is 9.34. The Morgan fingerprint density at radius 2 is 1.66 bits per heavy atom. The number of ether oxygens (including phenoxy) is 4. The van der Waals surface area contributed by atoms with Gasteiger partial charge in [0.15, 0.2) is 12.6 Å². The van der Waals surface area contributed by atoms with E-state index in [-0.39, 0.29) is 30.8 Å². The van der Waals surface area contributed by atoms with Gasteiger partial charge >= 0.3 is 11.9 Å². The standard InChI is InChI=1S/C38H60O12/c1-18(2)19(3)34(5)13-14-36(7)21-9-10-25-35(6)17-47-33(46)38(25,22(21)11-12-37(36,8)29(34)31(44)45)15-23(48-20(4)40)30(35)50-32-28(43)27(42)26(41)24(16-39)49-32/h11,18-19,21,23-30,32-33,39,41-43,46H,9-10,12-17H2,1-8H3,(H,44,45)/t19-,21+,23-,24-,25-,26-,27+,28-,29-,30+,32+,33?,34-,35-,36-,37+,38+/m1/s1. The van der Waals surface area contributed by atoms with Gasteiger partial charge in [-0.1, -0.05) is 60.1 Å². The Morgan fingerprint density at radius 3 is 2.26 bits per heavy atom. The second kappa shape index (κ2) is 12.7. The molecule has 0 radical (unpaired) electrons. The van der Waals surface area contributed by atoms with Crippen molar-refractivity contribution in [2.45, 2.75) is 143 Å². The quantitative estimate of drug-likeness (QED) is 0.129. The van der Waals surface area contributed by atoms with Crippen LogP contribution in [0, 0.1) is 56.7 Å². The first-order valence-corrected chi connectivity index (χ1v) is 18.6. The van der Waals surface area contributed by atoms with Crippen LogP contribution in [0.4, 0.5) is 0 Å². The molecule has 5 fully saturated rings. The van der Waals surface area contributed by atoms with E-state index in [1.165, 1.54) is 6.92 Å². The fourth-order valence-electron chi connectivity index (χ4n) is 12.5. The van der Waals surface area contributed by atoms with Gasteiger partial charge in [0, 0.05) is 24.2 Å². The molecule has 2 bridgehead atoms. The van der Waals surface area contributed by atoms with Crippen molar-refractivity contribution in [1.82, 2.24) is 0 Å². The normalized spacial score (nSPS) is 52.2. The SMILES string of the molecule is CC(=O)O[C@@H]1C[C@]23C4=CC[C@@]5(C)[C@H](C(=O)O)[C@@](C)([C@H](C)C(C)C)CC[C@]5(C)[C@H]4CC[C@@H]2[C@@](C)(COC3O)[C@H]1O[C@@H]1O[C@H](CO)[C@@H](O)[C@H](O)[C@H]1O. The van der Waals surface area contributed by atoms with Crippen LogP contribution in [0.1, 0.15) is 93.9 Å². The summed E-state index contributed by atoms with van der Waals surface area (Å²) in [6, 6.07) is 0. The fraction of sp³-hybridized carbons (Fsp3) is 0.895. The number of aliphatic hydroxyl groups excluding tert-OH is 5. The van der Waals surface area contributed by atoms with E-state index in [1.807, 2.05) is 6.92 Å². The number of fused-ring (bicyclic) bond motifs is 3. The Labute approximate surface area is 295 Å². The average Bonchev–Trinajstić information content (AvgIpc) is 3.04. The van der Waals surface area contributed by atoms with Gasteiger partial charge in [0.25, 0.3) is 0 Å². The predicted molar refractivity (Wildman–Crippen MR) is 179 cm³/mol. The second-order valence-corrected chi connectivity index (χ2v) is 18.0. The number of carboxylic acid groups (broad SMARTS) is 1. The van der Waals surface area contributed by atoms with Gasteiger partial charge in [-0.2, -0.15) is 0 Å². The van der Waals surface area contributed by atoms with Crippen LogP contribution in [-0.2, 0) is 28.5 Å². The maximum absolute atomic E-state index is 13.4. The minimum atomic E-state index is -1.65. The summed E-state index contributed by atoms with van der Waals surface area (Å²) in [5.41, 5.74) is -2.15. The zero-order valence-corrected chi connectivity index (χ0v) is 30.9. The van der Waals surface area contributed by atoms with E-state index >= 15 is 0 Å². The highest BCUT2D eigenvalue weighted by atomic mass is 16.7. The Morgan fingerprint density at radius 1 is 0.980 bits per heavy atom. The summed E-state index contributed by atoms with van der Waals surface area (Å²) in [6.45, 7) is 15.8. The van der Waals surface area contributed by atoms with Gasteiger partial charge in [0.2, 0.25) is 0 Å². The number of rotatable bonds is 7. The number of carbonyl (C=O) groups excluding carboxylic acids is 1. The summed E-state index contributed by atoms with van der Waals surface area (Å²) >= 11 is 0. The highest BCUT2D eigenvalue weighted by molar-refractivity contribution is 5.73. The zero-order valence-electron chi connectivity index (χ0n) is 30.9. The van der Waals surface area contributed by atoms with Gasteiger partial charge < -0.3 is 49.6 Å². The molecule has 0 amide bonds. The van der Waals surface area contributed by atoms with E-state index < -0.39 is 101 Å². The maximum atomic E-state index is 13.4. The van der Waals surface area contributed by atoms with Crippen LogP contribution in [0.2, 0.25) is 0 Å². The van der Waals surface area contributed by atoms with Crippen LogP contribution in [0.25, 0.3) is 0 Å². The number of hydrogen-bond acceptors (Lipinski definition) is 11. The number of esters is 1. The molecule has 0 aromatic carbocycles. The first-order chi connectivity index (χ1) is 23.2. The molecule has 3 saturated carbocycles. The van der Waals surface area contributed by atoms with E-state index in [9.17, 15) is 40.2 Å². The van der Waals surface area contributed by atoms with Crippen molar-refractivity contribution < 1.29 is 59.2 Å². The number of carboxylic acids is 1. The molecule has 284 valence electrons. The Balaban J connectivity index is 1.42. The molecule has 12 nitrogen and oxygen atoms in total. The van der Waals surface area contributed by atoms with Crippen molar-refractivity contribution in [3.63, 3.8) is 0 Å². The Hall–Kier alpha value is -1.64. The van der Waals surface area contributed by atoms with Crippen molar-refractivity contribution in [2.75, 3.05) is 13.2 Å². The van der Waals surface area contributed by atoms with Crippen LogP contribution in [0.15, 0.2) is 11.6 Å². The average molecular weight is 709 g/mol. The third kappa shape index (κ3) is 5.13. The van der Waals surface area contributed by atoms with E-state index in [2.05, 4.69) is 47.6 Å². The number of aliphatic hydroxyl groups is 5. The van der Waals surface area contributed by atoms with Gasteiger partial charge in [0.05, 0.1) is 19.1 Å². The van der Waals surface area contributed by atoms with Crippen molar-refractivity contribution in [3.05, 3.63) is 11.6 Å². The highest BCUT2D eigenvalue weighted by Gasteiger charge is 2.74. The largest absolute Gasteiger partial charge is 0.481 e. The van der Waals surface area contributed by atoms with Crippen LogP contribution < -0.4 is 0 Å². The minimum absolute atomic E-state index is 0.0419. The molecule has 6 rings (SSSR count). The first-order valence-electron chi connectivity index (χ1n) is 18.6. The molecule has 2 saturated heterocycles. The molecular formula is C38H60O12. The summed E-state index contributed by atoms with van der Waals surface area (Å²) in [4.78, 5) is 26.1. The molecule has 0 spiro atoms. The lowest BCUT2D eigenvalue weighted by Gasteiger charge is -2.71. The summed E-state index contributed by atoms with van der Waals surface area (Å²) in [6.07, 6.45) is -4.59. The monoisotopic (exact) mass is 708 g/mol. The molecule has 0 aromatic heterocycles. The van der Waals surface area contributed by atoms with Crippen molar-refractivity contribution in [3.8, 4) is 0 Å². The summed E-state index contributed by atoms with van der Waals surface area (Å²) in [7, 11) is 0. The predicted octanol–water partition coefficient (Wildman–Crippen LogP) is 3.01. The van der Waals surface area contributed by atoms with E-state index in [0.717, 1.165) is 24.8 Å². The van der Waals surface area contributed by atoms with E-state index in [0.29, 0.717) is 18.8 Å². The number of aliphatic carboxylic acids is 1.